The van der Waals surface area contributed by atoms with Gasteiger partial charge >= 0.3 is 113 Å². The molecule has 0 fully saturated rings. The fourth-order valence-electron chi connectivity index (χ4n) is 0.144. The summed E-state index contributed by atoms with van der Waals surface area (Å²) in [5, 5.41) is 0.645. The number of hydrogen-bond acceptors (Lipinski definition) is 6. The molecule has 68 valence electrons. The fraction of sp³-hybridized carbons (Fsp3) is 0. The van der Waals surface area contributed by atoms with Crippen LogP contribution >= 0.6 is 46.4 Å². The van der Waals surface area contributed by atoms with Gasteiger partial charge in [0.2, 0.25) is 0 Å². The summed E-state index contributed by atoms with van der Waals surface area (Å²) in [5.41, 5.74) is 0. The summed E-state index contributed by atoms with van der Waals surface area (Å²) in [6.07, 6.45) is 0. The van der Waals surface area contributed by atoms with Crippen LogP contribution in [0.3, 0.4) is 0 Å². The minimum atomic E-state index is 0.322. The van der Waals surface area contributed by atoms with Gasteiger partial charge in [-0.05, 0) is 0 Å². The molecule has 0 rings (SSSR count). The molecule has 0 amide bonds. The minimum absolute atomic E-state index is 0.322. The van der Waals surface area contributed by atoms with Gasteiger partial charge in [0.25, 0.3) is 0 Å². The molecule has 0 bridgehead atoms. The van der Waals surface area contributed by atoms with E-state index >= 15 is 0 Å². The normalized spacial score (nSPS) is 8.33. The van der Waals surface area contributed by atoms with Crippen molar-refractivity contribution in [2.24, 2.45) is 0 Å². The molecule has 0 radical (unpaired) electrons. The van der Waals surface area contributed by atoms with Crippen LogP contribution in [-0.2, 0) is 47.2 Å². The zero-order chi connectivity index (χ0) is 9.40. The Labute approximate surface area is 112 Å². The first-order valence-corrected chi connectivity index (χ1v) is 6.83. The Balaban J connectivity index is 3.21. The molecule has 0 saturated heterocycles. The van der Waals surface area contributed by atoms with Gasteiger partial charge in [-0.15, -0.1) is 0 Å². The predicted octanol–water partition coefficient (Wildman–Crippen LogP) is 0.904. The van der Waals surface area contributed by atoms with Crippen LogP contribution in [0, 0.1) is 0 Å². The molecule has 4 nitrogen and oxygen atoms in total. The van der Waals surface area contributed by atoms with Gasteiger partial charge in [-0.2, -0.15) is 0 Å². The van der Waals surface area contributed by atoms with Gasteiger partial charge in [0.1, 0.15) is 0 Å². The number of hydrogen-bond donors (Lipinski definition) is 2. The summed E-state index contributed by atoms with van der Waals surface area (Å²) < 4.78 is 14.8. The third kappa shape index (κ3) is 8.07. The Bertz CT molecular complexity index is 151. The quantitative estimate of drug-likeness (QED) is 0.236. The standard InChI is InChI=1S/C2H4N2O2S4.2Mo/c5-1(7)3-9-10-4-2(6)8;;/h(H2,3,5,7)(H2,4,6,8);;/q;2*+1/p-2. The summed E-state index contributed by atoms with van der Waals surface area (Å²) in [6, 6.07) is 0. The summed E-state index contributed by atoms with van der Waals surface area (Å²) >= 11 is 12.3. The monoisotopic (exact) mass is 410 g/mol. The molecule has 0 aromatic heterocycles. The van der Waals surface area contributed by atoms with Crippen LogP contribution in [0.15, 0.2) is 0 Å². The Morgan fingerprint density at radius 3 is 1.58 bits per heavy atom. The molecule has 0 aromatic rings. The van der Waals surface area contributed by atoms with Crippen LogP contribution in [0.2, 0.25) is 0 Å². The summed E-state index contributed by atoms with van der Waals surface area (Å²) in [5.74, 6) is 0. The van der Waals surface area contributed by atoms with Crippen molar-refractivity contribution in [3.8, 4) is 0 Å². The molecule has 12 heavy (non-hydrogen) atoms. The first-order chi connectivity index (χ1) is 5.70. The first-order valence-electron chi connectivity index (χ1n) is 2.22. The zero-order valence-corrected chi connectivity index (χ0v) is 12.5. The second-order valence-corrected chi connectivity index (χ2v) is 4.41. The van der Waals surface area contributed by atoms with Gasteiger partial charge in [-0.1, -0.05) is 0 Å². The van der Waals surface area contributed by atoms with Crippen molar-refractivity contribution in [1.82, 2.24) is 9.44 Å². The molecular formula is C2H2Mo2N2O2S4. The molecule has 0 atom stereocenters. The van der Waals surface area contributed by atoms with E-state index in [1.807, 2.05) is 0 Å². The SMILES string of the molecule is S=C(NSSNC(=S)[O][Mo])[O][Mo]. The maximum absolute atomic E-state index is 4.71. The molecule has 0 aliphatic carbocycles. The van der Waals surface area contributed by atoms with Crippen LogP contribution in [0.4, 0.5) is 0 Å². The Hall–Kier alpha value is 1.46. The molecule has 0 saturated carbocycles. The third-order valence-electron chi connectivity index (χ3n) is 0.443. The molecule has 0 heterocycles. The summed E-state index contributed by atoms with van der Waals surface area (Å²) in [4.78, 5) is 0. The fourth-order valence-corrected chi connectivity index (χ4v) is 2.20. The van der Waals surface area contributed by atoms with Crippen molar-refractivity contribution in [2.75, 3.05) is 0 Å². The molecule has 0 aromatic carbocycles. The first kappa shape index (κ1) is 13.5. The van der Waals surface area contributed by atoms with E-state index in [-0.39, 0.29) is 0 Å². The van der Waals surface area contributed by atoms with Gasteiger partial charge in [-0.3, -0.25) is 0 Å². The maximum atomic E-state index is 4.71. The topological polar surface area (TPSA) is 42.5 Å². The third-order valence-corrected chi connectivity index (χ3v) is 3.83. The van der Waals surface area contributed by atoms with E-state index in [4.69, 9.17) is 24.4 Å². The van der Waals surface area contributed by atoms with Crippen molar-refractivity contribution < 1.29 is 47.2 Å². The van der Waals surface area contributed by atoms with Gasteiger partial charge in [0, 0.05) is 0 Å². The summed E-state index contributed by atoms with van der Waals surface area (Å²) in [6.45, 7) is 0. The number of nitrogens with one attached hydrogen (secondary N) is 2. The van der Waals surface area contributed by atoms with Crippen molar-refractivity contribution in [2.45, 2.75) is 0 Å². The second-order valence-electron chi connectivity index (χ2n) is 1.11. The van der Waals surface area contributed by atoms with Gasteiger partial charge in [0.05, 0.1) is 0 Å². The van der Waals surface area contributed by atoms with E-state index in [1.54, 1.807) is 0 Å². The van der Waals surface area contributed by atoms with Gasteiger partial charge < -0.3 is 0 Å². The number of thiocarbonyl (C=S) groups is 2. The van der Waals surface area contributed by atoms with Crippen LogP contribution in [0.1, 0.15) is 0 Å². The molecular weight excluding hydrogens is 404 g/mol. The van der Waals surface area contributed by atoms with Gasteiger partial charge in [-0.25, -0.2) is 0 Å². The molecule has 10 heteroatoms. The molecule has 2 N–H and O–H groups in total. The Kier molecular flexibility index (Phi) is 10.1. The van der Waals surface area contributed by atoms with Crippen molar-refractivity contribution >= 4 is 56.7 Å². The van der Waals surface area contributed by atoms with E-state index in [1.165, 1.54) is 62.3 Å². The van der Waals surface area contributed by atoms with Crippen molar-refractivity contribution in [3.63, 3.8) is 0 Å². The van der Waals surface area contributed by atoms with E-state index in [0.29, 0.717) is 10.3 Å². The van der Waals surface area contributed by atoms with Crippen LogP contribution in [0.5, 0.6) is 0 Å². The molecule has 0 aliphatic heterocycles. The Morgan fingerprint density at radius 2 is 1.33 bits per heavy atom. The second kappa shape index (κ2) is 9.03. The van der Waals surface area contributed by atoms with E-state index < -0.39 is 0 Å². The van der Waals surface area contributed by atoms with E-state index in [0.717, 1.165) is 0 Å². The van der Waals surface area contributed by atoms with Crippen LogP contribution < -0.4 is 9.44 Å². The average Bonchev–Trinajstić information content (AvgIpc) is 2.11. The molecule has 0 spiro atoms. The van der Waals surface area contributed by atoms with Crippen molar-refractivity contribution in [1.29, 1.82) is 0 Å². The molecule has 0 unspecified atom stereocenters. The predicted molar refractivity (Wildman–Crippen MR) is 48.8 cm³/mol. The van der Waals surface area contributed by atoms with Crippen LogP contribution in [-0.4, -0.2) is 10.3 Å². The van der Waals surface area contributed by atoms with E-state index in [2.05, 4.69) is 16.2 Å². The summed E-state index contributed by atoms with van der Waals surface area (Å²) in [7, 11) is 2.51. The number of rotatable bonds is 3. The van der Waals surface area contributed by atoms with Crippen LogP contribution in [0.25, 0.3) is 0 Å². The Morgan fingerprint density at radius 1 is 1.00 bits per heavy atom. The average molecular weight is 406 g/mol. The van der Waals surface area contributed by atoms with Gasteiger partial charge in [0.15, 0.2) is 0 Å². The molecule has 0 aliphatic rings. The van der Waals surface area contributed by atoms with Crippen molar-refractivity contribution in [3.05, 3.63) is 0 Å². The van der Waals surface area contributed by atoms with E-state index in [9.17, 15) is 0 Å². The zero-order valence-electron chi connectivity index (χ0n) is 5.27.